The van der Waals surface area contributed by atoms with Gasteiger partial charge in [0.15, 0.2) is 6.29 Å². The van der Waals surface area contributed by atoms with Gasteiger partial charge >= 0.3 is 6.09 Å². The van der Waals surface area contributed by atoms with Gasteiger partial charge in [0.1, 0.15) is 18.8 Å². The molecule has 172 valence electrons. The molecule has 0 aromatic heterocycles. The Morgan fingerprint density at radius 1 is 1.06 bits per heavy atom. The summed E-state index contributed by atoms with van der Waals surface area (Å²) >= 11 is 0. The molecule has 0 spiro atoms. The molecular formula is C24H29NO7. The van der Waals surface area contributed by atoms with Crippen molar-refractivity contribution in [3.63, 3.8) is 0 Å². The summed E-state index contributed by atoms with van der Waals surface area (Å²) in [6.45, 7) is 0.504. The second-order valence-electron chi connectivity index (χ2n) is 8.06. The Hall–Kier alpha value is -2.49. The van der Waals surface area contributed by atoms with Crippen LogP contribution in [0.15, 0.2) is 48.5 Å². The zero-order valence-electron chi connectivity index (χ0n) is 17.7. The third-order valence-corrected chi connectivity index (χ3v) is 5.95. The number of amides is 1. The minimum Gasteiger partial charge on any atom is -0.449 e. The van der Waals surface area contributed by atoms with Crippen molar-refractivity contribution < 1.29 is 34.3 Å². The first-order chi connectivity index (χ1) is 15.6. The molecule has 8 heteroatoms. The van der Waals surface area contributed by atoms with E-state index in [1.54, 1.807) is 0 Å². The van der Waals surface area contributed by atoms with Crippen LogP contribution in [0, 0.1) is 0 Å². The molecule has 1 saturated heterocycles. The molecule has 2 aliphatic rings. The molecule has 0 saturated carbocycles. The first-order valence-corrected chi connectivity index (χ1v) is 10.9. The van der Waals surface area contributed by atoms with Crippen LogP contribution in [0.25, 0.3) is 11.1 Å². The van der Waals surface area contributed by atoms with Gasteiger partial charge in [-0.05, 0) is 28.7 Å². The Kier molecular flexibility index (Phi) is 7.39. The van der Waals surface area contributed by atoms with Crippen LogP contribution < -0.4 is 5.32 Å². The number of rotatable bonds is 8. The van der Waals surface area contributed by atoms with Gasteiger partial charge in [-0.1, -0.05) is 48.5 Å². The quantitative estimate of drug-likeness (QED) is 0.459. The SMILES string of the molecule is O=C(NCCCO[C@H]1C[C@@H](O)[C@@H](O)[C@@H](CO)O1)OCC1c2ccccc2-c2ccccc21. The number of benzene rings is 2. The molecular weight excluding hydrogens is 414 g/mol. The van der Waals surface area contributed by atoms with Crippen molar-refractivity contribution >= 4 is 6.09 Å². The van der Waals surface area contributed by atoms with Gasteiger partial charge in [0, 0.05) is 18.9 Å². The molecule has 1 aliphatic carbocycles. The van der Waals surface area contributed by atoms with Crippen LogP contribution >= 0.6 is 0 Å². The van der Waals surface area contributed by atoms with E-state index in [1.807, 2.05) is 24.3 Å². The van der Waals surface area contributed by atoms with E-state index < -0.39 is 37.3 Å². The summed E-state index contributed by atoms with van der Waals surface area (Å²) in [5.41, 5.74) is 4.69. The molecule has 1 heterocycles. The Bertz CT molecular complexity index is 875. The van der Waals surface area contributed by atoms with Gasteiger partial charge in [0.2, 0.25) is 0 Å². The summed E-state index contributed by atoms with van der Waals surface area (Å²) in [5.74, 6) is 0.0150. The minimum absolute atomic E-state index is 0.0150. The standard InChI is InChI=1S/C24H29NO7/c26-13-21-23(28)20(27)12-22(32-21)30-11-5-10-25-24(29)31-14-19-17-8-3-1-6-15(17)16-7-2-4-9-18(16)19/h1-4,6-9,19-23,26-28H,5,10-14H2,(H,25,29)/t20-,21-,22-,23-/m1/s1. The Balaban J connectivity index is 1.18. The van der Waals surface area contributed by atoms with E-state index in [0.717, 1.165) is 11.1 Å². The van der Waals surface area contributed by atoms with Crippen molar-refractivity contribution in [1.82, 2.24) is 5.32 Å². The fourth-order valence-electron chi connectivity index (χ4n) is 4.30. The lowest BCUT2D eigenvalue weighted by atomic mass is 9.98. The third-order valence-electron chi connectivity index (χ3n) is 5.95. The molecule has 1 amide bonds. The predicted molar refractivity (Wildman–Crippen MR) is 116 cm³/mol. The fraction of sp³-hybridized carbons (Fsp3) is 0.458. The van der Waals surface area contributed by atoms with Crippen molar-refractivity contribution in [2.24, 2.45) is 0 Å². The maximum absolute atomic E-state index is 12.2. The van der Waals surface area contributed by atoms with Crippen LogP contribution in [0.5, 0.6) is 0 Å². The summed E-state index contributed by atoms with van der Waals surface area (Å²) < 4.78 is 16.4. The molecule has 4 N–H and O–H groups in total. The van der Waals surface area contributed by atoms with Crippen molar-refractivity contribution in [3.05, 3.63) is 59.7 Å². The number of ether oxygens (including phenoxy) is 3. The molecule has 0 bridgehead atoms. The monoisotopic (exact) mass is 443 g/mol. The lowest BCUT2D eigenvalue weighted by Gasteiger charge is -2.36. The number of fused-ring (bicyclic) bond motifs is 3. The van der Waals surface area contributed by atoms with Crippen LogP contribution in [0.1, 0.15) is 29.9 Å². The zero-order valence-corrected chi connectivity index (χ0v) is 17.7. The average molecular weight is 443 g/mol. The fourth-order valence-corrected chi connectivity index (χ4v) is 4.30. The summed E-state index contributed by atoms with van der Waals surface area (Å²) in [5, 5.41) is 31.4. The lowest BCUT2D eigenvalue weighted by Crippen LogP contribution is -2.50. The molecule has 4 atom stereocenters. The van der Waals surface area contributed by atoms with Gasteiger partial charge in [0.05, 0.1) is 19.3 Å². The van der Waals surface area contributed by atoms with E-state index in [9.17, 15) is 20.1 Å². The lowest BCUT2D eigenvalue weighted by molar-refractivity contribution is -0.256. The second kappa shape index (κ2) is 10.4. The smallest absolute Gasteiger partial charge is 0.407 e. The Morgan fingerprint density at radius 2 is 1.72 bits per heavy atom. The molecule has 2 aromatic carbocycles. The maximum atomic E-state index is 12.2. The molecule has 32 heavy (non-hydrogen) atoms. The minimum atomic E-state index is -1.13. The van der Waals surface area contributed by atoms with Gasteiger partial charge in [0.25, 0.3) is 0 Å². The van der Waals surface area contributed by atoms with E-state index in [1.165, 1.54) is 11.1 Å². The van der Waals surface area contributed by atoms with Crippen molar-refractivity contribution in [2.45, 2.75) is 43.4 Å². The zero-order chi connectivity index (χ0) is 22.5. The van der Waals surface area contributed by atoms with Gasteiger partial charge in [-0.2, -0.15) is 0 Å². The van der Waals surface area contributed by atoms with E-state index in [0.29, 0.717) is 13.0 Å². The van der Waals surface area contributed by atoms with E-state index in [-0.39, 0.29) is 25.6 Å². The topological polar surface area (TPSA) is 117 Å². The Labute approximate surface area is 186 Å². The number of carbonyl (C=O) groups is 1. The molecule has 8 nitrogen and oxygen atoms in total. The van der Waals surface area contributed by atoms with E-state index >= 15 is 0 Å². The van der Waals surface area contributed by atoms with Crippen molar-refractivity contribution in [3.8, 4) is 11.1 Å². The number of hydrogen-bond acceptors (Lipinski definition) is 7. The highest BCUT2D eigenvalue weighted by molar-refractivity contribution is 5.79. The highest BCUT2D eigenvalue weighted by Crippen LogP contribution is 2.44. The van der Waals surface area contributed by atoms with Gasteiger partial charge in [-0.25, -0.2) is 4.79 Å². The second-order valence-corrected chi connectivity index (χ2v) is 8.06. The molecule has 4 rings (SSSR count). The van der Waals surface area contributed by atoms with E-state index in [4.69, 9.17) is 14.2 Å². The number of aliphatic hydroxyl groups excluding tert-OH is 3. The number of nitrogens with one attached hydrogen (secondary N) is 1. The third kappa shape index (κ3) is 4.95. The summed E-state index contributed by atoms with van der Waals surface area (Å²) in [6, 6.07) is 16.3. The van der Waals surface area contributed by atoms with Crippen molar-refractivity contribution in [1.29, 1.82) is 0 Å². The normalized spacial score (nSPS) is 24.6. The highest BCUT2D eigenvalue weighted by atomic mass is 16.7. The molecule has 1 fully saturated rings. The summed E-state index contributed by atoms with van der Waals surface area (Å²) in [4.78, 5) is 12.2. The van der Waals surface area contributed by atoms with Gasteiger partial charge in [-0.3, -0.25) is 0 Å². The average Bonchev–Trinajstić information content (AvgIpc) is 3.13. The first-order valence-electron chi connectivity index (χ1n) is 10.9. The van der Waals surface area contributed by atoms with Gasteiger partial charge < -0.3 is 34.8 Å². The van der Waals surface area contributed by atoms with Crippen LogP contribution in [-0.2, 0) is 14.2 Å². The molecule has 1 aliphatic heterocycles. The van der Waals surface area contributed by atoms with Crippen LogP contribution in [0.3, 0.4) is 0 Å². The molecule has 0 radical (unpaired) electrons. The highest BCUT2D eigenvalue weighted by Gasteiger charge is 2.36. The largest absolute Gasteiger partial charge is 0.449 e. The Morgan fingerprint density at radius 3 is 2.38 bits per heavy atom. The predicted octanol–water partition coefficient (Wildman–Crippen LogP) is 1.76. The number of aliphatic hydroxyl groups is 3. The molecule has 2 aromatic rings. The first kappa shape index (κ1) is 22.7. The van der Waals surface area contributed by atoms with E-state index in [2.05, 4.69) is 29.6 Å². The number of hydrogen-bond donors (Lipinski definition) is 4. The summed E-state index contributed by atoms with van der Waals surface area (Å²) in [6.07, 6.45) is -3.56. The van der Waals surface area contributed by atoms with Crippen LogP contribution in [0.2, 0.25) is 0 Å². The molecule has 0 unspecified atom stereocenters. The maximum Gasteiger partial charge on any atom is 0.407 e. The number of alkyl carbamates (subject to hydrolysis) is 1. The van der Waals surface area contributed by atoms with Crippen molar-refractivity contribution in [2.75, 3.05) is 26.4 Å². The summed E-state index contributed by atoms with van der Waals surface area (Å²) in [7, 11) is 0. The van der Waals surface area contributed by atoms with Crippen LogP contribution in [0.4, 0.5) is 4.79 Å². The van der Waals surface area contributed by atoms with Gasteiger partial charge in [-0.15, -0.1) is 0 Å². The number of carbonyl (C=O) groups excluding carboxylic acids is 1. The van der Waals surface area contributed by atoms with Crippen LogP contribution in [-0.4, -0.2) is 72.4 Å².